The summed E-state index contributed by atoms with van der Waals surface area (Å²) in [4.78, 5) is 0. The quantitative estimate of drug-likeness (QED) is 0.707. The van der Waals surface area contributed by atoms with Gasteiger partial charge in [0.25, 0.3) is 0 Å². The zero-order chi connectivity index (χ0) is 14.5. The van der Waals surface area contributed by atoms with Crippen LogP contribution in [0.1, 0.15) is 31.4 Å². The molecule has 0 aromatic heterocycles. The number of hydrogen-bond donors (Lipinski definition) is 3. The first-order chi connectivity index (χ1) is 8.90. The van der Waals surface area contributed by atoms with Gasteiger partial charge in [0, 0.05) is 24.6 Å². The van der Waals surface area contributed by atoms with E-state index in [0.29, 0.717) is 18.5 Å². The largest absolute Gasteiger partial charge is 0.396 e. The number of aliphatic hydroxyl groups excluding tert-OH is 2. The maximum absolute atomic E-state index is 13.3. The zero-order valence-corrected chi connectivity index (χ0v) is 11.9. The van der Waals surface area contributed by atoms with Crippen LogP contribution in [0.5, 0.6) is 0 Å². The molecule has 0 radical (unpaired) electrons. The molecule has 1 rings (SSSR count). The van der Waals surface area contributed by atoms with Crippen LogP contribution in [0.3, 0.4) is 0 Å². The fourth-order valence-corrected chi connectivity index (χ4v) is 1.98. The van der Waals surface area contributed by atoms with Crippen molar-refractivity contribution in [2.24, 2.45) is 0 Å². The summed E-state index contributed by atoms with van der Waals surface area (Å²) in [6.07, 6.45) is 0.523. The fraction of sp³-hybridized carbons (Fsp3) is 0.600. The number of nitrogens with one attached hydrogen (secondary N) is 1. The van der Waals surface area contributed by atoms with Gasteiger partial charge >= 0.3 is 0 Å². The molecule has 1 aromatic rings. The second-order valence-electron chi connectivity index (χ2n) is 5.62. The van der Waals surface area contributed by atoms with Crippen molar-refractivity contribution < 1.29 is 14.6 Å². The average molecular weight is 269 g/mol. The topological polar surface area (TPSA) is 52.5 Å². The van der Waals surface area contributed by atoms with Crippen molar-refractivity contribution in [2.75, 3.05) is 19.8 Å². The second kappa shape index (κ2) is 6.98. The molecule has 0 saturated carbocycles. The Kier molecular flexibility index (Phi) is 5.91. The molecular formula is C15H24FNO2. The van der Waals surface area contributed by atoms with Crippen LogP contribution in [0, 0.1) is 12.7 Å². The summed E-state index contributed by atoms with van der Waals surface area (Å²) in [5, 5.41) is 21.3. The summed E-state index contributed by atoms with van der Waals surface area (Å²) in [5.41, 5.74) is 1.53. The van der Waals surface area contributed by atoms with Crippen molar-refractivity contribution in [2.45, 2.75) is 38.6 Å². The molecule has 0 aliphatic rings. The molecule has 0 bridgehead atoms. The van der Waals surface area contributed by atoms with E-state index in [1.807, 2.05) is 6.07 Å². The second-order valence-corrected chi connectivity index (χ2v) is 5.62. The van der Waals surface area contributed by atoms with Crippen molar-refractivity contribution in [3.8, 4) is 0 Å². The molecule has 0 spiro atoms. The van der Waals surface area contributed by atoms with E-state index in [-0.39, 0.29) is 30.5 Å². The standard InChI is InChI=1S/C15H24FNO2/c1-11-8-12(4-5-14(11)16)15(2,3)10-17-13(9-19)6-7-18/h4-5,8,13,17-19H,6-7,9-10H2,1-3H3. The molecule has 0 amide bonds. The van der Waals surface area contributed by atoms with Crippen molar-refractivity contribution in [3.63, 3.8) is 0 Å². The Balaban J connectivity index is 2.71. The lowest BCUT2D eigenvalue weighted by Gasteiger charge is -2.28. The molecule has 0 heterocycles. The highest BCUT2D eigenvalue weighted by atomic mass is 19.1. The summed E-state index contributed by atoms with van der Waals surface area (Å²) >= 11 is 0. The third kappa shape index (κ3) is 4.56. The van der Waals surface area contributed by atoms with Crippen LogP contribution >= 0.6 is 0 Å². The summed E-state index contributed by atoms with van der Waals surface area (Å²) in [6, 6.07) is 5.04. The minimum absolute atomic E-state index is 0.000907. The van der Waals surface area contributed by atoms with Gasteiger partial charge in [0.1, 0.15) is 5.82 Å². The third-order valence-electron chi connectivity index (χ3n) is 3.47. The molecule has 0 fully saturated rings. The molecule has 4 heteroatoms. The van der Waals surface area contributed by atoms with Crippen molar-refractivity contribution >= 4 is 0 Å². The maximum atomic E-state index is 13.3. The predicted octanol–water partition coefficient (Wildman–Crippen LogP) is 1.74. The number of aliphatic hydroxyl groups is 2. The summed E-state index contributed by atoms with van der Waals surface area (Å²) in [5.74, 6) is -0.193. The fourth-order valence-electron chi connectivity index (χ4n) is 1.98. The highest BCUT2D eigenvalue weighted by Crippen LogP contribution is 2.24. The Morgan fingerprint density at radius 2 is 2.00 bits per heavy atom. The van der Waals surface area contributed by atoms with Crippen molar-refractivity contribution in [1.29, 1.82) is 0 Å². The lowest BCUT2D eigenvalue weighted by molar-refractivity contribution is 0.195. The van der Waals surface area contributed by atoms with Gasteiger partial charge < -0.3 is 15.5 Å². The van der Waals surface area contributed by atoms with E-state index in [9.17, 15) is 9.50 Å². The summed E-state index contributed by atoms with van der Waals surface area (Å²) in [6.45, 7) is 6.60. The first kappa shape index (κ1) is 16.1. The van der Waals surface area contributed by atoms with Gasteiger partial charge in [-0.2, -0.15) is 0 Å². The summed E-state index contributed by atoms with van der Waals surface area (Å²) in [7, 11) is 0. The Morgan fingerprint density at radius 3 is 2.53 bits per heavy atom. The van der Waals surface area contributed by atoms with Crippen LogP contribution in [-0.2, 0) is 5.41 Å². The molecule has 0 aliphatic heterocycles. The maximum Gasteiger partial charge on any atom is 0.126 e. The van der Waals surface area contributed by atoms with Crippen LogP contribution in [0.25, 0.3) is 0 Å². The van der Waals surface area contributed by atoms with Gasteiger partial charge in [0.2, 0.25) is 0 Å². The molecule has 0 aliphatic carbocycles. The third-order valence-corrected chi connectivity index (χ3v) is 3.47. The molecule has 3 N–H and O–H groups in total. The van der Waals surface area contributed by atoms with E-state index in [2.05, 4.69) is 19.2 Å². The predicted molar refractivity (Wildman–Crippen MR) is 74.7 cm³/mol. The van der Waals surface area contributed by atoms with Gasteiger partial charge in [0.05, 0.1) is 6.61 Å². The van der Waals surface area contributed by atoms with Gasteiger partial charge in [-0.25, -0.2) is 4.39 Å². The van der Waals surface area contributed by atoms with Gasteiger partial charge in [-0.05, 0) is 30.5 Å². The number of aryl methyl sites for hydroxylation is 1. The lowest BCUT2D eigenvalue weighted by Crippen LogP contribution is -2.41. The average Bonchev–Trinajstić information content (AvgIpc) is 2.37. The highest BCUT2D eigenvalue weighted by molar-refractivity contribution is 5.29. The van der Waals surface area contributed by atoms with E-state index in [0.717, 1.165) is 5.56 Å². The molecule has 0 saturated heterocycles. The van der Waals surface area contributed by atoms with Crippen LogP contribution in [0.2, 0.25) is 0 Å². The molecule has 19 heavy (non-hydrogen) atoms. The van der Waals surface area contributed by atoms with Gasteiger partial charge in [-0.3, -0.25) is 0 Å². The van der Waals surface area contributed by atoms with E-state index < -0.39 is 0 Å². The molecule has 1 unspecified atom stereocenters. The Bertz CT molecular complexity index is 407. The Morgan fingerprint density at radius 1 is 1.32 bits per heavy atom. The molecule has 1 aromatic carbocycles. The summed E-state index contributed by atoms with van der Waals surface area (Å²) < 4.78 is 13.3. The van der Waals surface area contributed by atoms with E-state index in [1.54, 1.807) is 13.0 Å². The molecule has 3 nitrogen and oxygen atoms in total. The normalized spacial score (nSPS) is 13.6. The van der Waals surface area contributed by atoms with Gasteiger partial charge in [-0.15, -0.1) is 0 Å². The lowest BCUT2D eigenvalue weighted by atomic mass is 9.83. The first-order valence-electron chi connectivity index (χ1n) is 6.62. The SMILES string of the molecule is Cc1cc(C(C)(C)CNC(CO)CCO)ccc1F. The van der Waals surface area contributed by atoms with Crippen molar-refractivity contribution in [3.05, 3.63) is 35.1 Å². The molecular weight excluding hydrogens is 245 g/mol. The number of benzene rings is 1. The Labute approximate surface area is 114 Å². The molecule has 108 valence electrons. The van der Waals surface area contributed by atoms with E-state index in [4.69, 9.17) is 5.11 Å². The Hall–Kier alpha value is -0.970. The van der Waals surface area contributed by atoms with Gasteiger partial charge in [0.15, 0.2) is 0 Å². The minimum Gasteiger partial charge on any atom is -0.396 e. The highest BCUT2D eigenvalue weighted by Gasteiger charge is 2.22. The monoisotopic (exact) mass is 269 g/mol. The van der Waals surface area contributed by atoms with E-state index >= 15 is 0 Å². The number of hydrogen-bond acceptors (Lipinski definition) is 3. The van der Waals surface area contributed by atoms with Crippen LogP contribution in [-0.4, -0.2) is 36.0 Å². The number of halogens is 1. The minimum atomic E-state index is -0.193. The molecule has 1 atom stereocenters. The smallest absolute Gasteiger partial charge is 0.126 e. The van der Waals surface area contributed by atoms with E-state index in [1.165, 1.54) is 6.07 Å². The van der Waals surface area contributed by atoms with Crippen LogP contribution in [0.15, 0.2) is 18.2 Å². The first-order valence-corrected chi connectivity index (χ1v) is 6.62. The van der Waals surface area contributed by atoms with Crippen LogP contribution in [0.4, 0.5) is 4.39 Å². The zero-order valence-electron chi connectivity index (χ0n) is 11.9. The van der Waals surface area contributed by atoms with Crippen LogP contribution < -0.4 is 5.32 Å². The van der Waals surface area contributed by atoms with Crippen molar-refractivity contribution in [1.82, 2.24) is 5.32 Å². The van der Waals surface area contributed by atoms with Gasteiger partial charge in [-0.1, -0.05) is 26.0 Å². The number of rotatable bonds is 7.